The Kier molecular flexibility index (Phi) is 4.23. The highest BCUT2D eigenvalue weighted by atomic mass is 35.5. The summed E-state index contributed by atoms with van der Waals surface area (Å²) in [6.45, 7) is 1.78. The molecular weight excluding hydrogens is 236 g/mol. The van der Waals surface area contributed by atoms with Crippen LogP contribution in [0.1, 0.15) is 28.3 Å². The first-order valence-electron chi connectivity index (χ1n) is 4.41. The Morgan fingerprint density at radius 2 is 2.13 bits per heavy atom. The van der Waals surface area contributed by atoms with Gasteiger partial charge in [-0.1, -0.05) is 11.6 Å². The summed E-state index contributed by atoms with van der Waals surface area (Å²) in [6.07, 6.45) is 0.310. The van der Waals surface area contributed by atoms with E-state index in [9.17, 15) is 9.59 Å². The number of hydrogen-bond acceptors (Lipinski definition) is 4. The number of aromatic nitrogens is 1. The number of carbonyl (C=O) groups is 2. The fourth-order valence-electron chi connectivity index (χ4n) is 1.04. The molecule has 1 N–H and O–H groups in total. The number of halogens is 1. The molecule has 0 aliphatic carbocycles. The smallest absolute Gasteiger partial charge is 0.220 e. The fraction of sp³-hybridized carbons (Fsp3) is 0.444. The number of nitrogens with zero attached hydrogens (tertiary/aromatic N) is 1. The Balaban J connectivity index is 2.61. The van der Waals surface area contributed by atoms with Gasteiger partial charge in [0.1, 0.15) is 10.0 Å². The van der Waals surface area contributed by atoms with Crippen molar-refractivity contribution in [1.82, 2.24) is 10.3 Å². The molecule has 0 spiro atoms. The van der Waals surface area contributed by atoms with Gasteiger partial charge in [0.15, 0.2) is 5.78 Å². The van der Waals surface area contributed by atoms with Crippen molar-refractivity contribution in [3.05, 3.63) is 15.0 Å². The molecule has 15 heavy (non-hydrogen) atoms. The molecular formula is C9H11ClN2O2S. The van der Waals surface area contributed by atoms with Gasteiger partial charge in [-0.3, -0.25) is 9.59 Å². The summed E-state index contributed by atoms with van der Waals surface area (Å²) in [5.74, 6) is -0.348. The van der Waals surface area contributed by atoms with E-state index >= 15 is 0 Å². The van der Waals surface area contributed by atoms with Crippen molar-refractivity contribution in [3.8, 4) is 0 Å². The highest BCUT2D eigenvalue weighted by Gasteiger charge is 2.16. The van der Waals surface area contributed by atoms with Crippen molar-refractivity contribution in [1.29, 1.82) is 0 Å². The molecule has 0 unspecified atom stereocenters. The molecule has 0 radical (unpaired) electrons. The van der Waals surface area contributed by atoms with Crippen LogP contribution in [0.15, 0.2) is 0 Å². The van der Waals surface area contributed by atoms with E-state index in [-0.39, 0.29) is 30.2 Å². The maximum atomic E-state index is 11.6. The summed E-state index contributed by atoms with van der Waals surface area (Å²) in [7, 11) is 1.53. The van der Waals surface area contributed by atoms with Crippen LogP contribution >= 0.6 is 22.9 Å². The number of nitrogens with one attached hydrogen (secondary N) is 1. The molecule has 0 bridgehead atoms. The number of carbonyl (C=O) groups excluding carboxylic acids is 2. The number of ketones is 1. The highest BCUT2D eigenvalue weighted by molar-refractivity contribution is 7.16. The molecule has 1 heterocycles. The van der Waals surface area contributed by atoms with Crippen molar-refractivity contribution in [2.45, 2.75) is 19.8 Å². The molecule has 0 saturated carbocycles. The van der Waals surface area contributed by atoms with E-state index in [0.717, 1.165) is 5.01 Å². The first-order valence-corrected chi connectivity index (χ1v) is 5.60. The van der Waals surface area contributed by atoms with Gasteiger partial charge in [0, 0.05) is 19.9 Å². The molecule has 1 rings (SSSR count). The summed E-state index contributed by atoms with van der Waals surface area (Å²) in [6, 6.07) is 0. The van der Waals surface area contributed by atoms with Crippen LogP contribution in [0, 0.1) is 6.92 Å². The second-order valence-electron chi connectivity index (χ2n) is 2.95. The third-order valence-electron chi connectivity index (χ3n) is 1.81. The molecule has 0 atom stereocenters. The van der Waals surface area contributed by atoms with E-state index in [0.29, 0.717) is 4.34 Å². The number of thiazole rings is 1. The summed E-state index contributed by atoms with van der Waals surface area (Å²) in [5, 5.41) is 3.20. The first-order chi connectivity index (χ1) is 7.04. The number of Topliss-reactive ketones (excluding diaryl/α,β-unsaturated/α-hetero) is 1. The van der Waals surface area contributed by atoms with E-state index in [2.05, 4.69) is 10.3 Å². The van der Waals surface area contributed by atoms with Crippen molar-refractivity contribution in [2.75, 3.05) is 7.05 Å². The molecule has 82 valence electrons. The van der Waals surface area contributed by atoms with Gasteiger partial charge in [-0.2, -0.15) is 0 Å². The number of aryl methyl sites for hydroxylation is 1. The van der Waals surface area contributed by atoms with Crippen molar-refractivity contribution in [3.63, 3.8) is 0 Å². The summed E-state index contributed by atoms with van der Waals surface area (Å²) < 4.78 is 0.398. The van der Waals surface area contributed by atoms with Crippen LogP contribution in [0.25, 0.3) is 0 Å². The Labute approximate surface area is 96.7 Å². The van der Waals surface area contributed by atoms with Gasteiger partial charge in [0.25, 0.3) is 0 Å². The van der Waals surface area contributed by atoms with Gasteiger partial charge >= 0.3 is 0 Å². The van der Waals surface area contributed by atoms with Crippen LogP contribution in [0.5, 0.6) is 0 Å². The SMILES string of the molecule is CNC(=O)CCC(=O)c1nc(C)sc1Cl. The molecule has 1 aromatic heterocycles. The predicted molar refractivity (Wildman–Crippen MR) is 59.5 cm³/mol. The van der Waals surface area contributed by atoms with E-state index in [1.54, 1.807) is 6.92 Å². The molecule has 6 heteroatoms. The molecule has 0 aliphatic heterocycles. The van der Waals surface area contributed by atoms with Crippen LogP contribution in [0.2, 0.25) is 4.34 Å². The van der Waals surface area contributed by atoms with E-state index in [4.69, 9.17) is 11.6 Å². The number of amides is 1. The Morgan fingerprint density at radius 1 is 1.47 bits per heavy atom. The minimum absolute atomic E-state index is 0.141. The maximum absolute atomic E-state index is 11.6. The average Bonchev–Trinajstić information content (AvgIpc) is 2.53. The molecule has 0 saturated heterocycles. The highest BCUT2D eigenvalue weighted by Crippen LogP contribution is 2.24. The normalized spacial score (nSPS) is 10.1. The van der Waals surface area contributed by atoms with Crippen LogP contribution in [0.4, 0.5) is 0 Å². The minimum atomic E-state index is -0.187. The summed E-state index contributed by atoms with van der Waals surface area (Å²) in [4.78, 5) is 26.5. The van der Waals surface area contributed by atoms with E-state index in [1.807, 2.05) is 0 Å². The van der Waals surface area contributed by atoms with Crippen molar-refractivity contribution in [2.24, 2.45) is 0 Å². The van der Waals surface area contributed by atoms with Crippen molar-refractivity contribution < 1.29 is 9.59 Å². The van der Waals surface area contributed by atoms with Crippen LogP contribution in [-0.2, 0) is 4.79 Å². The zero-order chi connectivity index (χ0) is 11.4. The lowest BCUT2D eigenvalue weighted by molar-refractivity contribution is -0.120. The Hall–Kier alpha value is -0.940. The molecule has 4 nitrogen and oxygen atoms in total. The van der Waals surface area contributed by atoms with Gasteiger partial charge in [-0.05, 0) is 6.92 Å². The molecule has 0 aromatic carbocycles. The Morgan fingerprint density at radius 3 is 2.60 bits per heavy atom. The molecule has 1 amide bonds. The van der Waals surface area contributed by atoms with Gasteiger partial charge in [0.05, 0.1) is 5.01 Å². The average molecular weight is 247 g/mol. The fourth-order valence-corrected chi connectivity index (χ4v) is 2.18. The van der Waals surface area contributed by atoms with Crippen molar-refractivity contribution >= 4 is 34.6 Å². The van der Waals surface area contributed by atoms with E-state index in [1.165, 1.54) is 18.4 Å². The second kappa shape index (κ2) is 5.23. The first kappa shape index (κ1) is 12.1. The topological polar surface area (TPSA) is 59.1 Å². The predicted octanol–water partition coefficient (Wildman–Crippen LogP) is 1.81. The summed E-state index contributed by atoms with van der Waals surface area (Å²) >= 11 is 7.09. The number of hydrogen-bond donors (Lipinski definition) is 1. The standard InChI is InChI=1S/C9H11ClN2O2S/c1-5-12-8(9(10)15-5)6(13)3-4-7(14)11-2/h3-4H2,1-2H3,(H,11,14). The summed E-state index contributed by atoms with van der Waals surface area (Å²) in [5.41, 5.74) is 0.281. The maximum Gasteiger partial charge on any atom is 0.220 e. The zero-order valence-electron chi connectivity index (χ0n) is 8.46. The monoisotopic (exact) mass is 246 g/mol. The lowest BCUT2D eigenvalue weighted by Crippen LogP contribution is -2.18. The van der Waals surface area contributed by atoms with Crippen LogP contribution in [0.3, 0.4) is 0 Å². The molecule has 1 aromatic rings. The van der Waals surface area contributed by atoms with Gasteiger partial charge in [-0.25, -0.2) is 4.98 Å². The molecule has 0 fully saturated rings. The lowest BCUT2D eigenvalue weighted by atomic mass is 10.2. The second-order valence-corrected chi connectivity index (χ2v) is 4.76. The third kappa shape index (κ3) is 3.28. The van der Waals surface area contributed by atoms with Gasteiger partial charge < -0.3 is 5.32 Å². The van der Waals surface area contributed by atoms with Crippen LogP contribution < -0.4 is 5.32 Å². The minimum Gasteiger partial charge on any atom is -0.359 e. The third-order valence-corrected chi connectivity index (χ3v) is 2.98. The number of rotatable bonds is 4. The Bertz CT molecular complexity index is 389. The van der Waals surface area contributed by atoms with Gasteiger partial charge in [0.2, 0.25) is 5.91 Å². The quantitative estimate of drug-likeness (QED) is 0.825. The zero-order valence-corrected chi connectivity index (χ0v) is 10.0. The molecule has 0 aliphatic rings. The largest absolute Gasteiger partial charge is 0.359 e. The van der Waals surface area contributed by atoms with E-state index < -0.39 is 0 Å². The van der Waals surface area contributed by atoms with Crippen LogP contribution in [-0.4, -0.2) is 23.7 Å². The van der Waals surface area contributed by atoms with Gasteiger partial charge in [-0.15, -0.1) is 11.3 Å². The lowest BCUT2D eigenvalue weighted by Gasteiger charge is -1.97.